The monoisotopic (exact) mass is 490 g/mol. The van der Waals surface area contributed by atoms with Gasteiger partial charge in [-0.3, -0.25) is 9.59 Å². The van der Waals surface area contributed by atoms with Gasteiger partial charge in [-0.1, -0.05) is 27.7 Å². The standard InChI is InChI=1S/C20H23BrN6O2S/c1-11-8-14(21)6-7-16(11)23-17(28)10-26(4)18(29)9-15-12(2)22-19-24-20(30-5)25-27(19)13(15)3/h6-8H,9-10H2,1-5H3,(H,23,28). The summed E-state index contributed by atoms with van der Waals surface area (Å²) in [4.78, 5) is 35.4. The van der Waals surface area contributed by atoms with Crippen LogP contribution in [0.1, 0.15) is 22.5 Å². The molecule has 2 aromatic heterocycles. The van der Waals surface area contributed by atoms with Crippen molar-refractivity contribution < 1.29 is 9.59 Å². The third-order valence-corrected chi connectivity index (χ3v) is 5.84. The molecule has 0 saturated carbocycles. The van der Waals surface area contributed by atoms with Crippen LogP contribution in [0.4, 0.5) is 5.69 Å². The minimum atomic E-state index is -0.251. The average molecular weight is 491 g/mol. The number of carbonyl (C=O) groups is 2. The van der Waals surface area contributed by atoms with Gasteiger partial charge in [0.1, 0.15) is 0 Å². The molecule has 158 valence electrons. The molecule has 3 rings (SSSR count). The lowest BCUT2D eigenvalue weighted by Crippen LogP contribution is -2.36. The Labute approximate surface area is 187 Å². The van der Waals surface area contributed by atoms with Crippen LogP contribution in [0.3, 0.4) is 0 Å². The first-order valence-corrected chi connectivity index (χ1v) is 11.3. The van der Waals surface area contributed by atoms with Crippen LogP contribution in [0.2, 0.25) is 0 Å². The average Bonchev–Trinajstić information content (AvgIpc) is 3.10. The molecule has 3 aromatic rings. The zero-order valence-electron chi connectivity index (χ0n) is 17.5. The molecule has 0 aliphatic heterocycles. The van der Waals surface area contributed by atoms with Crippen molar-refractivity contribution in [3.63, 3.8) is 0 Å². The first kappa shape index (κ1) is 22.2. The van der Waals surface area contributed by atoms with E-state index in [2.05, 4.69) is 36.3 Å². The molecule has 2 heterocycles. The van der Waals surface area contributed by atoms with Crippen molar-refractivity contribution in [1.82, 2.24) is 24.5 Å². The van der Waals surface area contributed by atoms with E-state index in [9.17, 15) is 9.59 Å². The zero-order chi connectivity index (χ0) is 22.0. The third-order valence-electron chi connectivity index (χ3n) is 4.81. The van der Waals surface area contributed by atoms with Crippen LogP contribution in [-0.2, 0) is 16.0 Å². The van der Waals surface area contributed by atoms with E-state index in [-0.39, 0.29) is 24.8 Å². The largest absolute Gasteiger partial charge is 0.336 e. The van der Waals surface area contributed by atoms with Crippen LogP contribution >= 0.6 is 27.7 Å². The van der Waals surface area contributed by atoms with Gasteiger partial charge >= 0.3 is 0 Å². The topological polar surface area (TPSA) is 92.5 Å². The molecule has 0 unspecified atom stereocenters. The number of thioether (sulfide) groups is 1. The van der Waals surface area contributed by atoms with E-state index in [0.717, 1.165) is 32.7 Å². The smallest absolute Gasteiger partial charge is 0.253 e. The quantitative estimate of drug-likeness (QED) is 0.533. The molecule has 8 nitrogen and oxygen atoms in total. The van der Waals surface area contributed by atoms with Gasteiger partial charge in [-0.05, 0) is 50.8 Å². The normalized spacial score (nSPS) is 11.0. The Morgan fingerprint density at radius 1 is 1.23 bits per heavy atom. The number of nitrogens with one attached hydrogen (secondary N) is 1. The molecular formula is C20H23BrN6O2S. The molecule has 0 fully saturated rings. The summed E-state index contributed by atoms with van der Waals surface area (Å²) in [5.41, 5.74) is 4.01. The summed E-state index contributed by atoms with van der Waals surface area (Å²) < 4.78 is 2.60. The number of nitrogens with zero attached hydrogens (tertiary/aromatic N) is 5. The molecule has 0 aliphatic carbocycles. The number of aromatic nitrogens is 4. The second kappa shape index (κ2) is 9.13. The van der Waals surface area contributed by atoms with Gasteiger partial charge in [0.15, 0.2) is 0 Å². The Morgan fingerprint density at radius 2 is 1.97 bits per heavy atom. The van der Waals surface area contributed by atoms with Crippen molar-refractivity contribution in [1.29, 1.82) is 0 Å². The number of rotatable bonds is 6. The van der Waals surface area contributed by atoms with Gasteiger partial charge in [0, 0.05) is 34.2 Å². The molecule has 0 atom stereocenters. The Kier molecular flexibility index (Phi) is 6.77. The van der Waals surface area contributed by atoms with E-state index < -0.39 is 0 Å². The minimum Gasteiger partial charge on any atom is -0.336 e. The molecule has 30 heavy (non-hydrogen) atoms. The van der Waals surface area contributed by atoms with Crippen LogP contribution in [0.5, 0.6) is 0 Å². The van der Waals surface area contributed by atoms with Gasteiger partial charge in [-0.15, -0.1) is 5.10 Å². The summed E-state index contributed by atoms with van der Waals surface area (Å²) >= 11 is 4.84. The number of benzene rings is 1. The fourth-order valence-corrected chi connectivity index (χ4v) is 3.89. The highest BCUT2D eigenvalue weighted by atomic mass is 79.9. The Bertz CT molecular complexity index is 1130. The van der Waals surface area contributed by atoms with Gasteiger partial charge in [0.25, 0.3) is 5.78 Å². The van der Waals surface area contributed by atoms with E-state index in [4.69, 9.17) is 0 Å². The lowest BCUT2D eigenvalue weighted by molar-refractivity contribution is -0.132. The summed E-state index contributed by atoms with van der Waals surface area (Å²) in [5.74, 6) is 0.0950. The maximum absolute atomic E-state index is 12.8. The predicted octanol–water partition coefficient (Wildman–Crippen LogP) is 3.17. The molecule has 10 heteroatoms. The molecule has 1 N–H and O–H groups in total. The summed E-state index contributed by atoms with van der Waals surface area (Å²) in [5, 5.41) is 7.89. The first-order valence-electron chi connectivity index (χ1n) is 9.26. The number of anilines is 1. The van der Waals surface area contributed by atoms with E-state index in [1.54, 1.807) is 11.6 Å². The molecule has 0 spiro atoms. The summed E-state index contributed by atoms with van der Waals surface area (Å²) in [7, 11) is 1.62. The number of fused-ring (bicyclic) bond motifs is 1. The maximum atomic E-state index is 12.8. The molecule has 0 saturated heterocycles. The highest BCUT2D eigenvalue weighted by Crippen LogP contribution is 2.20. The Balaban J connectivity index is 1.70. The number of hydrogen-bond acceptors (Lipinski definition) is 6. The van der Waals surface area contributed by atoms with Crippen LogP contribution in [0.25, 0.3) is 5.78 Å². The second-order valence-corrected chi connectivity index (χ2v) is 8.69. The van der Waals surface area contributed by atoms with E-state index >= 15 is 0 Å². The molecule has 1 aromatic carbocycles. The summed E-state index contributed by atoms with van der Waals surface area (Å²) in [6, 6.07) is 5.61. The fraction of sp³-hybridized carbons (Fsp3) is 0.350. The molecule has 0 aliphatic rings. The van der Waals surface area contributed by atoms with E-state index in [0.29, 0.717) is 10.9 Å². The lowest BCUT2D eigenvalue weighted by atomic mass is 10.1. The van der Waals surface area contributed by atoms with Gasteiger partial charge in [0.2, 0.25) is 17.0 Å². The van der Waals surface area contributed by atoms with Crippen molar-refractivity contribution in [3.8, 4) is 0 Å². The highest BCUT2D eigenvalue weighted by Gasteiger charge is 2.19. The Hall–Kier alpha value is -2.46. The first-order chi connectivity index (χ1) is 14.2. The van der Waals surface area contributed by atoms with E-state index in [1.807, 2.05) is 45.2 Å². The van der Waals surface area contributed by atoms with Gasteiger partial charge < -0.3 is 10.2 Å². The van der Waals surface area contributed by atoms with Crippen LogP contribution < -0.4 is 5.32 Å². The van der Waals surface area contributed by atoms with Crippen LogP contribution in [0, 0.1) is 20.8 Å². The minimum absolute atomic E-state index is 0.0396. The molecule has 0 bridgehead atoms. The zero-order valence-corrected chi connectivity index (χ0v) is 19.9. The summed E-state index contributed by atoms with van der Waals surface area (Å²) in [6.07, 6.45) is 2.04. The maximum Gasteiger partial charge on any atom is 0.253 e. The molecule has 2 amide bonds. The van der Waals surface area contributed by atoms with Gasteiger partial charge in [-0.2, -0.15) is 4.98 Å². The SMILES string of the molecule is CSc1nc2nc(C)c(CC(=O)N(C)CC(=O)Nc3ccc(Br)cc3C)c(C)n2n1. The number of amides is 2. The number of aryl methyl sites for hydroxylation is 3. The molecular weight excluding hydrogens is 468 g/mol. The number of likely N-dealkylation sites (N-methyl/N-ethyl adjacent to an activating group) is 1. The number of halogens is 1. The van der Waals surface area contributed by atoms with E-state index in [1.165, 1.54) is 16.7 Å². The number of hydrogen-bond donors (Lipinski definition) is 1. The highest BCUT2D eigenvalue weighted by molar-refractivity contribution is 9.10. The van der Waals surface area contributed by atoms with Crippen molar-refractivity contribution in [2.45, 2.75) is 32.3 Å². The van der Waals surface area contributed by atoms with Crippen molar-refractivity contribution in [3.05, 3.63) is 45.2 Å². The van der Waals surface area contributed by atoms with Crippen LogP contribution in [-0.4, -0.2) is 56.1 Å². The van der Waals surface area contributed by atoms with Gasteiger partial charge in [-0.25, -0.2) is 9.50 Å². The fourth-order valence-electron chi connectivity index (χ4n) is 3.08. The Morgan fingerprint density at radius 3 is 2.63 bits per heavy atom. The lowest BCUT2D eigenvalue weighted by Gasteiger charge is -2.18. The summed E-state index contributed by atoms with van der Waals surface area (Å²) in [6.45, 7) is 5.62. The number of carbonyl (C=O) groups excluding carboxylic acids is 2. The molecule has 0 radical (unpaired) electrons. The van der Waals surface area contributed by atoms with Crippen molar-refractivity contribution in [2.75, 3.05) is 25.2 Å². The van der Waals surface area contributed by atoms with Crippen molar-refractivity contribution >= 4 is 51.0 Å². The van der Waals surface area contributed by atoms with Crippen LogP contribution in [0.15, 0.2) is 27.8 Å². The third kappa shape index (κ3) is 4.81. The predicted molar refractivity (Wildman–Crippen MR) is 121 cm³/mol. The van der Waals surface area contributed by atoms with Gasteiger partial charge in [0.05, 0.1) is 13.0 Å². The van der Waals surface area contributed by atoms with Crippen molar-refractivity contribution in [2.24, 2.45) is 0 Å². The second-order valence-electron chi connectivity index (χ2n) is 7.01.